The van der Waals surface area contributed by atoms with Gasteiger partial charge in [-0.15, -0.1) is 0 Å². The molecular weight excluding hydrogens is 216 g/mol. The number of anilines is 1. The molecule has 1 aromatic heterocycles. The number of carbonyl (C=O) groups is 1. The maximum atomic E-state index is 11.7. The molecule has 1 aromatic carbocycles. The SMILES string of the molecule is CC(C)OC(=O)c1cc2cc(N)ccc2cn1. The number of rotatable bonds is 2. The first-order chi connectivity index (χ1) is 8.06. The van der Waals surface area contributed by atoms with Crippen LogP contribution in [0.25, 0.3) is 10.8 Å². The summed E-state index contributed by atoms with van der Waals surface area (Å²) in [5, 5.41) is 1.83. The molecule has 2 aromatic rings. The van der Waals surface area contributed by atoms with Gasteiger partial charge in [0.1, 0.15) is 5.69 Å². The van der Waals surface area contributed by atoms with Gasteiger partial charge in [0.05, 0.1) is 6.10 Å². The van der Waals surface area contributed by atoms with Crippen LogP contribution in [-0.4, -0.2) is 17.1 Å². The standard InChI is InChI=1S/C13H14N2O2/c1-8(2)17-13(16)12-6-10-5-11(14)4-3-9(10)7-15-12/h3-8H,14H2,1-2H3. The lowest BCUT2D eigenvalue weighted by Crippen LogP contribution is -2.12. The minimum absolute atomic E-state index is 0.152. The van der Waals surface area contributed by atoms with Crippen LogP contribution < -0.4 is 5.73 Å². The first-order valence-electron chi connectivity index (χ1n) is 5.42. The monoisotopic (exact) mass is 230 g/mol. The molecule has 0 aliphatic heterocycles. The molecule has 1 heterocycles. The van der Waals surface area contributed by atoms with Gasteiger partial charge in [-0.05, 0) is 37.4 Å². The van der Waals surface area contributed by atoms with Gasteiger partial charge in [-0.1, -0.05) is 6.07 Å². The Bertz CT molecular complexity index is 564. The molecule has 0 spiro atoms. The molecule has 2 rings (SSSR count). The van der Waals surface area contributed by atoms with Gasteiger partial charge in [0, 0.05) is 17.3 Å². The van der Waals surface area contributed by atoms with E-state index in [4.69, 9.17) is 10.5 Å². The molecule has 0 unspecified atom stereocenters. The van der Waals surface area contributed by atoms with Crippen LogP contribution in [0.3, 0.4) is 0 Å². The molecule has 0 amide bonds. The summed E-state index contributed by atoms with van der Waals surface area (Å²) < 4.78 is 5.08. The van der Waals surface area contributed by atoms with Crippen molar-refractivity contribution in [2.24, 2.45) is 0 Å². The summed E-state index contributed by atoms with van der Waals surface area (Å²) in [7, 11) is 0. The van der Waals surface area contributed by atoms with Gasteiger partial charge in [0.2, 0.25) is 0 Å². The Morgan fingerprint density at radius 3 is 2.76 bits per heavy atom. The zero-order valence-electron chi connectivity index (χ0n) is 9.81. The number of nitrogen functional groups attached to an aromatic ring is 1. The van der Waals surface area contributed by atoms with Gasteiger partial charge in [-0.3, -0.25) is 0 Å². The van der Waals surface area contributed by atoms with Crippen LogP contribution in [0.2, 0.25) is 0 Å². The molecule has 0 radical (unpaired) electrons. The lowest BCUT2D eigenvalue weighted by atomic mass is 10.1. The van der Waals surface area contributed by atoms with E-state index in [0.717, 1.165) is 10.8 Å². The first-order valence-corrected chi connectivity index (χ1v) is 5.42. The highest BCUT2D eigenvalue weighted by Crippen LogP contribution is 2.17. The number of ether oxygens (including phenoxy) is 1. The van der Waals surface area contributed by atoms with Gasteiger partial charge in [-0.25, -0.2) is 9.78 Å². The van der Waals surface area contributed by atoms with Crippen LogP contribution in [-0.2, 0) is 4.74 Å². The number of nitrogens with two attached hydrogens (primary N) is 1. The van der Waals surface area contributed by atoms with Crippen molar-refractivity contribution in [1.29, 1.82) is 0 Å². The van der Waals surface area contributed by atoms with Gasteiger partial charge in [0.25, 0.3) is 0 Å². The highest BCUT2D eigenvalue weighted by atomic mass is 16.5. The van der Waals surface area contributed by atoms with Crippen molar-refractivity contribution < 1.29 is 9.53 Å². The van der Waals surface area contributed by atoms with E-state index in [9.17, 15) is 4.79 Å². The van der Waals surface area contributed by atoms with E-state index >= 15 is 0 Å². The fraction of sp³-hybridized carbons (Fsp3) is 0.231. The summed E-state index contributed by atoms with van der Waals surface area (Å²) in [5.74, 6) is -0.413. The molecule has 0 aliphatic rings. The topological polar surface area (TPSA) is 65.2 Å². The average Bonchev–Trinajstić information content (AvgIpc) is 2.27. The summed E-state index contributed by atoms with van der Waals surface area (Å²) in [4.78, 5) is 15.7. The summed E-state index contributed by atoms with van der Waals surface area (Å²) in [6, 6.07) is 7.17. The largest absolute Gasteiger partial charge is 0.458 e. The molecule has 17 heavy (non-hydrogen) atoms. The van der Waals surface area contributed by atoms with E-state index in [1.165, 1.54) is 0 Å². The van der Waals surface area contributed by atoms with Crippen molar-refractivity contribution in [1.82, 2.24) is 4.98 Å². The molecular formula is C13H14N2O2. The summed E-state index contributed by atoms with van der Waals surface area (Å²) >= 11 is 0. The smallest absolute Gasteiger partial charge is 0.357 e. The van der Waals surface area contributed by atoms with E-state index in [1.54, 1.807) is 32.2 Å². The number of fused-ring (bicyclic) bond motifs is 1. The fourth-order valence-electron chi connectivity index (χ4n) is 1.55. The maximum Gasteiger partial charge on any atom is 0.357 e. The second-order valence-corrected chi connectivity index (χ2v) is 4.13. The Morgan fingerprint density at radius 2 is 2.06 bits per heavy atom. The summed E-state index contributed by atoms with van der Waals surface area (Å²) in [5.41, 5.74) is 6.66. The van der Waals surface area contributed by atoms with Gasteiger partial charge in [-0.2, -0.15) is 0 Å². The molecule has 4 nitrogen and oxygen atoms in total. The van der Waals surface area contributed by atoms with Gasteiger partial charge >= 0.3 is 5.97 Å². The normalized spacial score (nSPS) is 10.8. The van der Waals surface area contributed by atoms with Crippen LogP contribution in [0, 0.1) is 0 Å². The fourth-order valence-corrected chi connectivity index (χ4v) is 1.55. The second kappa shape index (κ2) is 4.41. The summed E-state index contributed by atoms with van der Waals surface area (Å²) in [6.45, 7) is 3.61. The molecule has 88 valence electrons. The lowest BCUT2D eigenvalue weighted by molar-refractivity contribution is 0.0371. The Hall–Kier alpha value is -2.10. The number of benzene rings is 1. The molecule has 0 bridgehead atoms. The highest BCUT2D eigenvalue weighted by molar-refractivity contribution is 5.93. The van der Waals surface area contributed by atoms with Crippen LogP contribution in [0.1, 0.15) is 24.3 Å². The maximum absolute atomic E-state index is 11.7. The van der Waals surface area contributed by atoms with Crippen molar-refractivity contribution in [3.8, 4) is 0 Å². The number of hydrogen-bond donors (Lipinski definition) is 1. The number of nitrogens with zero attached hydrogens (tertiary/aromatic N) is 1. The molecule has 0 fully saturated rings. The van der Waals surface area contributed by atoms with Crippen molar-refractivity contribution in [3.63, 3.8) is 0 Å². The van der Waals surface area contributed by atoms with Crippen molar-refractivity contribution in [3.05, 3.63) is 36.2 Å². The third kappa shape index (κ3) is 2.53. The molecule has 2 N–H and O–H groups in total. The Labute approximate surface area is 99.4 Å². The van der Waals surface area contributed by atoms with E-state index in [2.05, 4.69) is 4.98 Å². The predicted octanol–water partition coefficient (Wildman–Crippen LogP) is 2.38. The van der Waals surface area contributed by atoms with E-state index < -0.39 is 5.97 Å². The number of esters is 1. The van der Waals surface area contributed by atoms with Gasteiger partial charge < -0.3 is 10.5 Å². The number of hydrogen-bond acceptors (Lipinski definition) is 4. The molecule has 0 saturated heterocycles. The van der Waals surface area contributed by atoms with Gasteiger partial charge in [0.15, 0.2) is 0 Å². The van der Waals surface area contributed by atoms with E-state index in [0.29, 0.717) is 11.4 Å². The lowest BCUT2D eigenvalue weighted by Gasteiger charge is -2.07. The number of carbonyl (C=O) groups excluding carboxylic acids is 1. The van der Waals surface area contributed by atoms with Crippen LogP contribution >= 0.6 is 0 Å². The van der Waals surface area contributed by atoms with E-state index in [-0.39, 0.29) is 6.10 Å². The van der Waals surface area contributed by atoms with E-state index in [1.807, 2.05) is 12.1 Å². The quantitative estimate of drug-likeness (QED) is 0.635. The minimum atomic E-state index is -0.413. The molecule has 0 aliphatic carbocycles. The zero-order valence-corrected chi connectivity index (χ0v) is 9.81. The van der Waals surface area contributed by atoms with Crippen molar-refractivity contribution in [2.45, 2.75) is 20.0 Å². The Kier molecular flexibility index (Phi) is 2.95. The predicted molar refractivity (Wildman–Crippen MR) is 66.7 cm³/mol. The second-order valence-electron chi connectivity index (χ2n) is 4.13. The van der Waals surface area contributed by atoms with Crippen LogP contribution in [0.5, 0.6) is 0 Å². The van der Waals surface area contributed by atoms with Crippen molar-refractivity contribution in [2.75, 3.05) is 5.73 Å². The molecule has 0 saturated carbocycles. The number of pyridine rings is 1. The zero-order chi connectivity index (χ0) is 12.4. The third-order valence-electron chi connectivity index (χ3n) is 2.30. The number of aromatic nitrogens is 1. The van der Waals surface area contributed by atoms with Crippen LogP contribution in [0.4, 0.5) is 5.69 Å². The van der Waals surface area contributed by atoms with Crippen LogP contribution in [0.15, 0.2) is 30.5 Å². The third-order valence-corrected chi connectivity index (χ3v) is 2.30. The Morgan fingerprint density at radius 1 is 1.29 bits per heavy atom. The molecule has 4 heteroatoms. The summed E-state index contributed by atoms with van der Waals surface area (Å²) in [6.07, 6.45) is 1.49. The molecule has 0 atom stereocenters. The first kappa shape index (κ1) is 11.4. The Balaban J connectivity index is 2.40. The minimum Gasteiger partial charge on any atom is -0.458 e. The highest BCUT2D eigenvalue weighted by Gasteiger charge is 2.11. The van der Waals surface area contributed by atoms with Crippen molar-refractivity contribution >= 4 is 22.4 Å². The average molecular weight is 230 g/mol.